The Balaban J connectivity index is 1.67. The number of alkyl halides is 3. The van der Waals surface area contributed by atoms with E-state index in [0.29, 0.717) is 5.56 Å². The summed E-state index contributed by atoms with van der Waals surface area (Å²) in [5.74, 6) is -1.26. The summed E-state index contributed by atoms with van der Waals surface area (Å²) in [7, 11) is 1.86. The number of aryl methyl sites for hydroxylation is 1. The second-order valence-corrected chi connectivity index (χ2v) is 9.50. The molecule has 1 heterocycles. The Morgan fingerprint density at radius 2 is 1.82 bits per heavy atom. The number of hydrogen-bond donors (Lipinski definition) is 3. The van der Waals surface area contributed by atoms with Gasteiger partial charge in [-0.25, -0.2) is 0 Å². The van der Waals surface area contributed by atoms with Crippen molar-refractivity contribution in [3.8, 4) is 11.1 Å². The highest BCUT2D eigenvalue weighted by Gasteiger charge is 2.34. The minimum atomic E-state index is -4.57. The van der Waals surface area contributed by atoms with Crippen LogP contribution in [0.2, 0.25) is 0 Å². The van der Waals surface area contributed by atoms with Crippen LogP contribution >= 0.6 is 0 Å². The first-order valence-electron chi connectivity index (χ1n) is 11.9. The minimum absolute atomic E-state index is 0.0349. The summed E-state index contributed by atoms with van der Waals surface area (Å²) in [6, 6.07) is 15.3. The summed E-state index contributed by atoms with van der Waals surface area (Å²) in [5, 5.41) is 26.9. The summed E-state index contributed by atoms with van der Waals surface area (Å²) in [5.41, 5.74) is 2.42. The molecule has 0 aliphatic heterocycles. The molecule has 9 heteroatoms. The first-order chi connectivity index (χ1) is 17.9. The highest BCUT2D eigenvalue weighted by molar-refractivity contribution is 5.86. The quantitative estimate of drug-likeness (QED) is 0.259. The van der Waals surface area contributed by atoms with Crippen LogP contribution < -0.4 is 5.32 Å². The van der Waals surface area contributed by atoms with Crippen LogP contribution in [0.25, 0.3) is 34.2 Å². The standard InChI is InChI=1S/C29H28F3N3O3/c1-18-20(5-4-6-24(18)21-9-11-23-16-35(3)34-26(23)14-21)8-10-22-13-19(7-12-25(22)29(30,31)32)15-33-28(2,17-36)27(37)38/h4-14,16,33,36H,15,17H2,1-3H3,(H,37,38)/b10-8+/t28-/m0/s1. The molecule has 0 saturated carbocycles. The molecular weight excluding hydrogens is 495 g/mol. The molecule has 1 aromatic heterocycles. The second kappa shape index (κ2) is 10.4. The van der Waals surface area contributed by atoms with Gasteiger partial charge in [0, 0.05) is 25.2 Å². The smallest absolute Gasteiger partial charge is 0.416 e. The molecule has 0 aliphatic carbocycles. The lowest BCUT2D eigenvalue weighted by Gasteiger charge is -2.24. The fourth-order valence-electron chi connectivity index (χ4n) is 4.25. The molecule has 0 radical (unpaired) electrons. The molecule has 4 rings (SSSR count). The molecule has 6 nitrogen and oxygen atoms in total. The molecule has 0 unspecified atom stereocenters. The zero-order valence-electron chi connectivity index (χ0n) is 21.2. The van der Waals surface area contributed by atoms with Gasteiger partial charge in [-0.05, 0) is 65.4 Å². The second-order valence-electron chi connectivity index (χ2n) is 9.50. The average Bonchev–Trinajstić information content (AvgIpc) is 3.25. The number of nitrogens with one attached hydrogen (secondary N) is 1. The normalized spacial score (nSPS) is 13.8. The molecule has 4 aromatic rings. The van der Waals surface area contributed by atoms with Crippen molar-refractivity contribution >= 4 is 29.0 Å². The number of halogens is 3. The van der Waals surface area contributed by atoms with Crippen LogP contribution in [-0.2, 0) is 24.6 Å². The topological polar surface area (TPSA) is 87.4 Å². The molecule has 0 aliphatic rings. The number of carbonyl (C=O) groups is 1. The number of aliphatic hydroxyl groups is 1. The van der Waals surface area contributed by atoms with E-state index >= 15 is 0 Å². The van der Waals surface area contributed by atoms with E-state index in [-0.39, 0.29) is 12.1 Å². The fraction of sp³-hybridized carbons (Fsp3) is 0.241. The number of aliphatic hydroxyl groups excluding tert-OH is 1. The van der Waals surface area contributed by atoms with E-state index in [0.717, 1.165) is 39.2 Å². The summed E-state index contributed by atoms with van der Waals surface area (Å²) in [6.45, 7) is 2.53. The highest BCUT2D eigenvalue weighted by atomic mass is 19.4. The number of benzene rings is 3. The van der Waals surface area contributed by atoms with Crippen molar-refractivity contribution in [1.82, 2.24) is 15.1 Å². The lowest BCUT2D eigenvalue weighted by molar-refractivity contribution is -0.146. The van der Waals surface area contributed by atoms with Crippen molar-refractivity contribution < 1.29 is 28.2 Å². The van der Waals surface area contributed by atoms with E-state index < -0.39 is 29.9 Å². The average molecular weight is 524 g/mol. The van der Waals surface area contributed by atoms with Gasteiger partial charge in [0.25, 0.3) is 0 Å². The molecule has 0 fully saturated rings. The zero-order chi connectivity index (χ0) is 27.7. The van der Waals surface area contributed by atoms with Gasteiger partial charge in [-0.3, -0.25) is 14.8 Å². The molecule has 38 heavy (non-hydrogen) atoms. The van der Waals surface area contributed by atoms with Gasteiger partial charge in [-0.15, -0.1) is 0 Å². The van der Waals surface area contributed by atoms with E-state index in [4.69, 9.17) is 0 Å². The summed E-state index contributed by atoms with van der Waals surface area (Å²) in [6.07, 6.45) is 0.429. The van der Waals surface area contributed by atoms with Crippen LogP contribution in [-0.4, -0.2) is 38.1 Å². The van der Waals surface area contributed by atoms with Gasteiger partial charge in [0.15, 0.2) is 0 Å². The molecule has 0 spiro atoms. The maximum absolute atomic E-state index is 13.8. The molecule has 198 valence electrons. The lowest BCUT2D eigenvalue weighted by atomic mass is 9.95. The van der Waals surface area contributed by atoms with Gasteiger partial charge in [-0.2, -0.15) is 18.3 Å². The van der Waals surface area contributed by atoms with Gasteiger partial charge in [0.05, 0.1) is 17.7 Å². The number of fused-ring (bicyclic) bond motifs is 1. The predicted octanol–water partition coefficient (Wildman–Crippen LogP) is 5.66. The van der Waals surface area contributed by atoms with Gasteiger partial charge < -0.3 is 10.2 Å². The van der Waals surface area contributed by atoms with Gasteiger partial charge in [-0.1, -0.05) is 48.6 Å². The number of carboxylic acid groups (broad SMARTS) is 1. The SMILES string of the molecule is Cc1c(/C=C/c2cc(CN[C@@](C)(CO)C(=O)O)ccc2C(F)(F)F)cccc1-c1ccc2cn(C)nc2c1. The van der Waals surface area contributed by atoms with E-state index in [2.05, 4.69) is 10.4 Å². The zero-order valence-corrected chi connectivity index (χ0v) is 21.2. The van der Waals surface area contributed by atoms with Crippen molar-refractivity contribution in [3.63, 3.8) is 0 Å². The monoisotopic (exact) mass is 523 g/mol. The number of aliphatic carboxylic acids is 1. The minimum Gasteiger partial charge on any atom is -0.480 e. The third-order valence-electron chi connectivity index (χ3n) is 6.64. The van der Waals surface area contributed by atoms with Crippen LogP contribution in [0.4, 0.5) is 13.2 Å². The van der Waals surface area contributed by atoms with E-state index in [1.807, 2.05) is 56.6 Å². The molecule has 3 aromatic carbocycles. The van der Waals surface area contributed by atoms with E-state index in [1.165, 1.54) is 25.1 Å². The third-order valence-corrected chi connectivity index (χ3v) is 6.64. The maximum atomic E-state index is 13.8. The molecule has 0 saturated heterocycles. The van der Waals surface area contributed by atoms with Gasteiger partial charge in [0.1, 0.15) is 5.54 Å². The van der Waals surface area contributed by atoms with Crippen LogP contribution in [0.15, 0.2) is 60.8 Å². The Morgan fingerprint density at radius 3 is 2.50 bits per heavy atom. The number of nitrogens with zero attached hydrogens (tertiary/aromatic N) is 2. The molecule has 0 bridgehead atoms. The van der Waals surface area contributed by atoms with E-state index in [1.54, 1.807) is 10.8 Å². The molecular formula is C29H28F3N3O3. The summed E-state index contributed by atoms with van der Waals surface area (Å²) < 4.78 is 43.0. The van der Waals surface area contributed by atoms with Crippen molar-refractivity contribution in [2.75, 3.05) is 6.61 Å². The predicted molar refractivity (Wildman–Crippen MR) is 141 cm³/mol. The fourth-order valence-corrected chi connectivity index (χ4v) is 4.25. The highest BCUT2D eigenvalue weighted by Crippen LogP contribution is 2.34. The van der Waals surface area contributed by atoms with E-state index in [9.17, 15) is 28.2 Å². The Kier molecular flexibility index (Phi) is 7.44. The van der Waals surface area contributed by atoms with Crippen LogP contribution in [0.5, 0.6) is 0 Å². The number of rotatable bonds is 8. The molecule has 0 amide bonds. The van der Waals surface area contributed by atoms with Crippen LogP contribution in [0, 0.1) is 6.92 Å². The third kappa shape index (κ3) is 5.64. The number of carboxylic acids is 1. The van der Waals surface area contributed by atoms with Gasteiger partial charge in [0.2, 0.25) is 0 Å². The van der Waals surface area contributed by atoms with Crippen molar-refractivity contribution in [2.45, 2.75) is 32.1 Å². The molecule has 1 atom stereocenters. The maximum Gasteiger partial charge on any atom is 0.416 e. The first kappa shape index (κ1) is 27.1. The van der Waals surface area contributed by atoms with Gasteiger partial charge >= 0.3 is 12.1 Å². The number of hydrogen-bond acceptors (Lipinski definition) is 4. The number of aromatic nitrogens is 2. The molecule has 3 N–H and O–H groups in total. The van der Waals surface area contributed by atoms with Crippen molar-refractivity contribution in [3.05, 3.63) is 88.6 Å². The Labute approximate surface area is 218 Å². The summed E-state index contributed by atoms with van der Waals surface area (Å²) >= 11 is 0. The Morgan fingerprint density at radius 1 is 1.08 bits per heavy atom. The van der Waals surface area contributed by atoms with Crippen molar-refractivity contribution in [2.24, 2.45) is 7.05 Å². The van der Waals surface area contributed by atoms with Crippen LogP contribution in [0.3, 0.4) is 0 Å². The Hall–Kier alpha value is -3.95. The lowest BCUT2D eigenvalue weighted by Crippen LogP contribution is -2.52. The van der Waals surface area contributed by atoms with Crippen LogP contribution in [0.1, 0.15) is 34.7 Å². The largest absolute Gasteiger partial charge is 0.480 e. The van der Waals surface area contributed by atoms with Crippen molar-refractivity contribution in [1.29, 1.82) is 0 Å². The Bertz CT molecular complexity index is 1520. The first-order valence-corrected chi connectivity index (χ1v) is 11.9. The summed E-state index contributed by atoms with van der Waals surface area (Å²) in [4.78, 5) is 11.4.